The van der Waals surface area contributed by atoms with Crippen LogP contribution < -0.4 is 9.05 Å². The molecule has 1 aliphatic heterocycles. The molecule has 6 nitrogen and oxygen atoms in total. The number of benzene rings is 2. The Balaban J connectivity index is 0.00000129. The van der Waals surface area contributed by atoms with Crippen LogP contribution in [0.4, 0.5) is 0 Å². The summed E-state index contributed by atoms with van der Waals surface area (Å²) in [6, 6.07) is 8.46. The minimum Gasteiger partial charge on any atom is -0.479 e. The Morgan fingerprint density at radius 3 is 2.21 bits per heavy atom. The lowest BCUT2D eigenvalue weighted by atomic mass is 9.96. The van der Waals surface area contributed by atoms with Crippen molar-refractivity contribution in [2.24, 2.45) is 0 Å². The fourth-order valence-electron chi connectivity index (χ4n) is 3.67. The van der Waals surface area contributed by atoms with Gasteiger partial charge in [-0.3, -0.25) is 4.79 Å². The van der Waals surface area contributed by atoms with Gasteiger partial charge in [0, 0.05) is 12.6 Å². The second kappa shape index (κ2) is 14.4. The lowest BCUT2D eigenvalue weighted by Gasteiger charge is -2.27. The van der Waals surface area contributed by atoms with Crippen molar-refractivity contribution in [1.29, 1.82) is 0 Å². The van der Waals surface area contributed by atoms with E-state index in [-0.39, 0.29) is 17.9 Å². The van der Waals surface area contributed by atoms with E-state index in [2.05, 4.69) is 18.9 Å². The molecule has 0 radical (unpaired) electrons. The van der Waals surface area contributed by atoms with E-state index in [1.807, 2.05) is 45.6 Å². The number of esters is 1. The maximum absolute atomic E-state index is 13.4. The molecule has 0 aliphatic carbocycles. The van der Waals surface area contributed by atoms with E-state index in [1.165, 1.54) is 7.11 Å². The summed E-state index contributed by atoms with van der Waals surface area (Å²) in [4.78, 5) is 27.0. The van der Waals surface area contributed by atoms with E-state index in [4.69, 9.17) is 25.4 Å². The number of ether oxygens (including phenoxy) is 1. The first-order chi connectivity index (χ1) is 15.9. The number of methoxy groups -OCH3 is 1. The fraction of sp³-hybridized carbons (Fsp3) is 0.417. The molecule has 1 aliphatic rings. The Bertz CT molecular complexity index is 955. The number of amides is 1. The molecular weight excluding hydrogens is 480 g/mol. The first kappa shape index (κ1) is 29.2. The lowest BCUT2D eigenvalue weighted by Crippen LogP contribution is -2.31. The normalized spacial score (nSPS) is 14.3. The number of likely N-dealkylation sites (tertiary alicyclic amines) is 1. The number of nitrogens with zero attached hydrogens (tertiary/aromatic N) is 1. The van der Waals surface area contributed by atoms with Crippen molar-refractivity contribution in [3.05, 3.63) is 57.6 Å². The SMILES string of the molecule is CC.CC.COC(=O)c1ccc(C2CCCN2C(=O)c2cc(Cl)c(OP)cc2OP)c(C)c1. The second-order valence-corrected chi connectivity index (χ2v) is 7.61. The molecule has 0 aromatic heterocycles. The summed E-state index contributed by atoms with van der Waals surface area (Å²) in [5, 5.41) is 0.323. The van der Waals surface area contributed by atoms with E-state index in [1.54, 1.807) is 24.3 Å². The molecule has 2 aromatic carbocycles. The molecule has 2 aromatic rings. The smallest absolute Gasteiger partial charge is 0.337 e. The maximum Gasteiger partial charge on any atom is 0.337 e. The minimum absolute atomic E-state index is 0.0945. The van der Waals surface area contributed by atoms with Gasteiger partial charge in [0.2, 0.25) is 0 Å². The zero-order valence-electron chi connectivity index (χ0n) is 20.1. The number of rotatable bonds is 5. The predicted octanol–water partition coefficient (Wildman–Crippen LogP) is 6.80. The minimum atomic E-state index is -0.382. The molecule has 3 rings (SSSR count). The topological polar surface area (TPSA) is 65.1 Å². The van der Waals surface area contributed by atoms with Gasteiger partial charge in [-0.1, -0.05) is 45.4 Å². The van der Waals surface area contributed by atoms with E-state index < -0.39 is 0 Å². The molecule has 3 unspecified atom stereocenters. The molecule has 0 spiro atoms. The van der Waals surface area contributed by atoms with Gasteiger partial charge in [-0.15, -0.1) is 0 Å². The van der Waals surface area contributed by atoms with E-state index >= 15 is 0 Å². The molecule has 0 saturated carbocycles. The third-order valence-electron chi connectivity index (χ3n) is 5.08. The van der Waals surface area contributed by atoms with Gasteiger partial charge in [-0.2, -0.15) is 0 Å². The van der Waals surface area contributed by atoms with Crippen molar-refractivity contribution in [3.63, 3.8) is 0 Å². The van der Waals surface area contributed by atoms with Crippen molar-refractivity contribution in [2.45, 2.75) is 53.5 Å². The molecule has 33 heavy (non-hydrogen) atoms. The highest BCUT2D eigenvalue weighted by Gasteiger charge is 2.33. The zero-order valence-corrected chi connectivity index (χ0v) is 23.2. The third-order valence-corrected chi connectivity index (χ3v) is 5.89. The molecule has 0 N–H and O–H groups in total. The van der Waals surface area contributed by atoms with Gasteiger partial charge < -0.3 is 18.7 Å². The summed E-state index contributed by atoms with van der Waals surface area (Å²) >= 11 is 6.23. The Morgan fingerprint density at radius 2 is 1.67 bits per heavy atom. The highest BCUT2D eigenvalue weighted by atomic mass is 35.5. The molecule has 1 saturated heterocycles. The monoisotopic (exact) mass is 513 g/mol. The zero-order chi connectivity index (χ0) is 25.1. The summed E-state index contributed by atoms with van der Waals surface area (Å²) in [5.41, 5.74) is 2.80. The van der Waals surface area contributed by atoms with Crippen LogP contribution in [0.1, 0.15) is 78.4 Å². The van der Waals surface area contributed by atoms with Crippen molar-refractivity contribution in [3.8, 4) is 11.5 Å². The van der Waals surface area contributed by atoms with Gasteiger partial charge >= 0.3 is 5.97 Å². The maximum atomic E-state index is 13.4. The Labute approximate surface area is 206 Å². The van der Waals surface area contributed by atoms with Crippen molar-refractivity contribution < 1.29 is 23.4 Å². The van der Waals surface area contributed by atoms with Crippen LogP contribution >= 0.6 is 30.5 Å². The molecule has 0 bridgehead atoms. The number of halogens is 1. The Hall–Kier alpha value is -1.87. The van der Waals surface area contributed by atoms with Crippen molar-refractivity contribution >= 4 is 42.4 Å². The summed E-state index contributed by atoms with van der Waals surface area (Å²) in [5.74, 6) is 0.217. The van der Waals surface area contributed by atoms with E-state index in [0.29, 0.717) is 34.2 Å². The molecule has 1 heterocycles. The number of carbonyl (C=O) groups excluding carboxylic acids is 2. The Kier molecular flexibility index (Phi) is 12.7. The highest BCUT2D eigenvalue weighted by molar-refractivity contribution is 7.10. The van der Waals surface area contributed by atoms with Gasteiger partial charge in [-0.05, 0) is 49.1 Å². The summed E-state index contributed by atoms with van der Waals surface area (Å²) < 4.78 is 15.2. The van der Waals surface area contributed by atoms with E-state index in [0.717, 1.165) is 24.0 Å². The van der Waals surface area contributed by atoms with Crippen LogP contribution in [0.15, 0.2) is 30.3 Å². The number of carbonyl (C=O) groups is 2. The van der Waals surface area contributed by atoms with Crippen LogP contribution in [-0.4, -0.2) is 30.4 Å². The third kappa shape index (κ3) is 6.82. The average Bonchev–Trinajstić information content (AvgIpc) is 3.34. The van der Waals surface area contributed by atoms with Gasteiger partial charge in [0.15, 0.2) is 0 Å². The summed E-state index contributed by atoms with van der Waals surface area (Å²) in [6.07, 6.45) is 1.72. The van der Waals surface area contributed by atoms with Gasteiger partial charge in [-0.25, -0.2) is 4.79 Å². The largest absolute Gasteiger partial charge is 0.479 e. The molecule has 1 fully saturated rings. The van der Waals surface area contributed by atoms with Crippen LogP contribution in [0.25, 0.3) is 0 Å². The molecule has 9 heteroatoms. The Morgan fingerprint density at radius 1 is 1.03 bits per heavy atom. The van der Waals surface area contributed by atoms with Gasteiger partial charge in [0.05, 0.1) is 48.2 Å². The van der Waals surface area contributed by atoms with Crippen LogP contribution in [0.3, 0.4) is 0 Å². The van der Waals surface area contributed by atoms with Gasteiger partial charge in [0.25, 0.3) is 5.91 Å². The second-order valence-electron chi connectivity index (χ2n) is 6.73. The predicted molar refractivity (Wildman–Crippen MR) is 140 cm³/mol. The summed E-state index contributed by atoms with van der Waals surface area (Å²) in [7, 11) is 5.63. The molecule has 3 atom stereocenters. The quantitative estimate of drug-likeness (QED) is 0.325. The molecule has 182 valence electrons. The molecule has 1 amide bonds. The fourth-order valence-corrected chi connectivity index (χ4v) is 4.34. The van der Waals surface area contributed by atoms with Crippen molar-refractivity contribution in [1.82, 2.24) is 4.90 Å². The van der Waals surface area contributed by atoms with Gasteiger partial charge in [0.1, 0.15) is 11.5 Å². The number of hydrogen-bond donors (Lipinski definition) is 0. The number of aryl methyl sites for hydroxylation is 1. The lowest BCUT2D eigenvalue weighted by molar-refractivity contribution is 0.0599. The first-order valence-electron chi connectivity index (χ1n) is 11.0. The van der Waals surface area contributed by atoms with Crippen LogP contribution in [-0.2, 0) is 4.74 Å². The van der Waals surface area contributed by atoms with Crippen LogP contribution in [0.2, 0.25) is 5.02 Å². The van der Waals surface area contributed by atoms with Crippen LogP contribution in [0, 0.1) is 6.92 Å². The molecular formula is C24H34ClNO5P2. The standard InChI is InChI=1S/C20H22ClNO5P2.2C2H6/c1-11-8-12(20(24)25-2)5-6-13(11)16-4-3-7-22(16)19(23)14-9-15(21)18(27-29)10-17(14)26-28;2*1-2/h5-6,8-10,16H,3-4,7,28-29H2,1-2H3;2*1-2H3. The number of hydrogen-bond acceptors (Lipinski definition) is 5. The first-order valence-corrected chi connectivity index (χ1v) is 12.3. The average molecular weight is 514 g/mol. The van der Waals surface area contributed by atoms with E-state index in [9.17, 15) is 9.59 Å². The summed E-state index contributed by atoms with van der Waals surface area (Å²) in [6.45, 7) is 10.6. The van der Waals surface area contributed by atoms with Crippen molar-refractivity contribution in [2.75, 3.05) is 13.7 Å². The van der Waals surface area contributed by atoms with Crippen LogP contribution in [0.5, 0.6) is 11.5 Å². The highest BCUT2D eigenvalue weighted by Crippen LogP contribution is 2.39.